The minimum absolute atomic E-state index is 0.0822. The number of para-hydroxylation sites is 1. The number of ether oxygens (including phenoxy) is 1. The fraction of sp³-hybridized carbons (Fsp3) is 0.118. The van der Waals surface area contributed by atoms with Crippen LogP contribution in [0.5, 0.6) is 5.75 Å². The number of aromatic nitrogens is 2. The average Bonchev–Trinajstić information content (AvgIpc) is 2.57. The van der Waals surface area contributed by atoms with E-state index in [1.807, 2.05) is 6.07 Å². The van der Waals surface area contributed by atoms with Crippen LogP contribution >= 0.6 is 23.2 Å². The molecule has 0 spiro atoms. The predicted molar refractivity (Wildman–Crippen MR) is 92.7 cm³/mol. The third-order valence-electron chi connectivity index (χ3n) is 3.41. The highest BCUT2D eigenvalue weighted by atomic mass is 35.5. The fourth-order valence-corrected chi connectivity index (χ4v) is 2.72. The third kappa shape index (κ3) is 3.58. The number of fused-ring (bicyclic) bond motifs is 1. The molecule has 0 radical (unpaired) electrons. The standard InChI is InChI=1S/C17H12Cl2N2O3/c18-11-5-6-16(13(19)9-11)24-17(23)7-8-21-14-4-2-1-3-12(14)15(22)10-20-21/h1-6,9-10H,7-8H2. The maximum absolute atomic E-state index is 12.0. The SMILES string of the molecule is O=C(CCn1ncc(=O)c2ccccc21)Oc1ccc(Cl)cc1Cl. The van der Waals surface area contributed by atoms with Gasteiger partial charge < -0.3 is 4.74 Å². The molecule has 3 rings (SSSR count). The maximum atomic E-state index is 12.0. The van der Waals surface area contributed by atoms with E-state index < -0.39 is 5.97 Å². The number of rotatable bonds is 4. The van der Waals surface area contributed by atoms with Crippen molar-refractivity contribution in [3.63, 3.8) is 0 Å². The molecule has 24 heavy (non-hydrogen) atoms. The second kappa shape index (κ2) is 7.03. The molecule has 0 N–H and O–H groups in total. The molecule has 0 aliphatic rings. The second-order valence-corrected chi connectivity index (χ2v) is 5.89. The number of hydrogen-bond acceptors (Lipinski definition) is 4. The molecule has 2 aromatic carbocycles. The summed E-state index contributed by atoms with van der Waals surface area (Å²) in [6.07, 6.45) is 1.32. The van der Waals surface area contributed by atoms with Crippen LogP contribution in [0.25, 0.3) is 10.9 Å². The summed E-state index contributed by atoms with van der Waals surface area (Å²) in [6, 6.07) is 11.7. The van der Waals surface area contributed by atoms with Crippen molar-refractivity contribution in [1.82, 2.24) is 9.78 Å². The molecule has 0 aliphatic heterocycles. The van der Waals surface area contributed by atoms with E-state index >= 15 is 0 Å². The lowest BCUT2D eigenvalue weighted by Gasteiger charge is -2.09. The summed E-state index contributed by atoms with van der Waals surface area (Å²) in [5, 5.41) is 5.35. The molecule has 0 saturated carbocycles. The van der Waals surface area contributed by atoms with Crippen molar-refractivity contribution < 1.29 is 9.53 Å². The van der Waals surface area contributed by atoms with Crippen molar-refractivity contribution in [2.45, 2.75) is 13.0 Å². The maximum Gasteiger partial charge on any atom is 0.313 e. The highest BCUT2D eigenvalue weighted by Gasteiger charge is 2.10. The first-order chi connectivity index (χ1) is 11.5. The van der Waals surface area contributed by atoms with Gasteiger partial charge in [0.15, 0.2) is 0 Å². The van der Waals surface area contributed by atoms with Crippen LogP contribution in [0.4, 0.5) is 0 Å². The first-order valence-electron chi connectivity index (χ1n) is 7.15. The minimum Gasteiger partial charge on any atom is -0.425 e. The molecule has 0 bridgehead atoms. The molecule has 0 atom stereocenters. The van der Waals surface area contributed by atoms with Crippen molar-refractivity contribution in [1.29, 1.82) is 0 Å². The molecule has 122 valence electrons. The lowest BCUT2D eigenvalue weighted by atomic mass is 10.2. The molecule has 0 amide bonds. The van der Waals surface area contributed by atoms with Crippen molar-refractivity contribution in [3.05, 3.63) is 68.9 Å². The number of hydrogen-bond donors (Lipinski definition) is 0. The van der Waals surface area contributed by atoms with Crippen LogP contribution in [0.3, 0.4) is 0 Å². The monoisotopic (exact) mass is 362 g/mol. The quantitative estimate of drug-likeness (QED) is 0.524. The summed E-state index contributed by atoms with van der Waals surface area (Å²) in [7, 11) is 0. The Balaban J connectivity index is 1.73. The van der Waals surface area contributed by atoms with Crippen LogP contribution in [0.1, 0.15) is 6.42 Å². The normalized spacial score (nSPS) is 10.8. The van der Waals surface area contributed by atoms with Gasteiger partial charge in [-0.05, 0) is 30.3 Å². The number of esters is 1. The number of aryl methyl sites for hydroxylation is 1. The van der Waals surface area contributed by atoms with Gasteiger partial charge in [0, 0.05) is 10.4 Å². The largest absolute Gasteiger partial charge is 0.425 e. The fourth-order valence-electron chi connectivity index (χ4n) is 2.27. The zero-order valence-corrected chi connectivity index (χ0v) is 13.9. The molecule has 0 aliphatic carbocycles. The van der Waals surface area contributed by atoms with Crippen molar-refractivity contribution >= 4 is 40.1 Å². The van der Waals surface area contributed by atoms with Crippen molar-refractivity contribution in [2.24, 2.45) is 0 Å². The first-order valence-corrected chi connectivity index (χ1v) is 7.91. The van der Waals surface area contributed by atoms with Gasteiger partial charge in [-0.15, -0.1) is 0 Å². The Morgan fingerprint density at radius 3 is 2.75 bits per heavy atom. The zero-order chi connectivity index (χ0) is 17.1. The van der Waals surface area contributed by atoms with E-state index in [0.29, 0.717) is 15.9 Å². The first kappa shape index (κ1) is 16.5. The number of carbonyl (C=O) groups excluding carboxylic acids is 1. The number of benzene rings is 2. The van der Waals surface area contributed by atoms with E-state index in [9.17, 15) is 9.59 Å². The Bertz CT molecular complexity index is 969. The van der Waals surface area contributed by atoms with Gasteiger partial charge in [-0.2, -0.15) is 5.10 Å². The molecular formula is C17H12Cl2N2O3. The minimum atomic E-state index is -0.455. The summed E-state index contributed by atoms with van der Waals surface area (Å²) in [5.74, 6) is -0.201. The summed E-state index contributed by atoms with van der Waals surface area (Å²) in [6.45, 7) is 0.283. The topological polar surface area (TPSA) is 61.2 Å². The summed E-state index contributed by atoms with van der Waals surface area (Å²) < 4.78 is 6.82. The molecular weight excluding hydrogens is 351 g/mol. The third-order valence-corrected chi connectivity index (χ3v) is 3.94. The summed E-state index contributed by atoms with van der Waals surface area (Å²) in [5.41, 5.74) is 0.514. The molecule has 0 unspecified atom stereocenters. The predicted octanol–water partition coefficient (Wildman–Crippen LogP) is 3.70. The van der Waals surface area contributed by atoms with Crippen molar-refractivity contribution in [2.75, 3.05) is 0 Å². The molecule has 0 saturated heterocycles. The van der Waals surface area contributed by atoms with Crippen LogP contribution in [0.2, 0.25) is 10.0 Å². The average molecular weight is 363 g/mol. The summed E-state index contributed by atoms with van der Waals surface area (Å²) >= 11 is 11.8. The molecule has 5 nitrogen and oxygen atoms in total. The van der Waals surface area contributed by atoms with E-state index in [2.05, 4.69) is 5.10 Å². The van der Waals surface area contributed by atoms with E-state index in [4.69, 9.17) is 27.9 Å². The van der Waals surface area contributed by atoms with Gasteiger partial charge in [0.1, 0.15) is 5.75 Å². The number of halogens is 2. The molecule has 1 aromatic heterocycles. The highest BCUT2D eigenvalue weighted by molar-refractivity contribution is 6.35. The van der Waals surface area contributed by atoms with Gasteiger partial charge >= 0.3 is 5.97 Å². The second-order valence-electron chi connectivity index (χ2n) is 5.05. The Labute approximate surface area is 147 Å². The van der Waals surface area contributed by atoms with Gasteiger partial charge in [-0.1, -0.05) is 35.3 Å². The van der Waals surface area contributed by atoms with E-state index in [1.54, 1.807) is 28.9 Å². The molecule has 0 fully saturated rings. The Morgan fingerprint density at radius 2 is 1.96 bits per heavy atom. The Morgan fingerprint density at radius 1 is 1.17 bits per heavy atom. The van der Waals surface area contributed by atoms with E-state index in [1.165, 1.54) is 18.3 Å². The van der Waals surface area contributed by atoms with Gasteiger partial charge in [0.25, 0.3) is 0 Å². The lowest BCUT2D eigenvalue weighted by molar-refractivity contribution is -0.134. The zero-order valence-electron chi connectivity index (χ0n) is 12.4. The van der Waals surface area contributed by atoms with Gasteiger partial charge in [0.05, 0.1) is 29.7 Å². The van der Waals surface area contributed by atoms with Gasteiger partial charge in [0.2, 0.25) is 5.43 Å². The van der Waals surface area contributed by atoms with Crippen LogP contribution in [-0.4, -0.2) is 15.7 Å². The number of carbonyl (C=O) groups is 1. The summed E-state index contributed by atoms with van der Waals surface area (Å²) in [4.78, 5) is 23.8. The Hall–Kier alpha value is -2.37. The molecule has 3 aromatic rings. The van der Waals surface area contributed by atoms with Crippen LogP contribution in [0.15, 0.2) is 53.5 Å². The number of nitrogens with zero attached hydrogens (tertiary/aromatic N) is 2. The smallest absolute Gasteiger partial charge is 0.313 e. The van der Waals surface area contributed by atoms with Crippen LogP contribution in [-0.2, 0) is 11.3 Å². The molecule has 7 heteroatoms. The van der Waals surface area contributed by atoms with Crippen LogP contribution < -0.4 is 10.2 Å². The molecule has 1 heterocycles. The Kier molecular flexibility index (Phi) is 4.83. The van der Waals surface area contributed by atoms with Gasteiger partial charge in [-0.25, -0.2) is 0 Å². The van der Waals surface area contributed by atoms with Crippen molar-refractivity contribution in [3.8, 4) is 5.75 Å². The van der Waals surface area contributed by atoms with E-state index in [0.717, 1.165) is 0 Å². The lowest BCUT2D eigenvalue weighted by Crippen LogP contribution is -2.16. The highest BCUT2D eigenvalue weighted by Crippen LogP contribution is 2.27. The van der Waals surface area contributed by atoms with E-state index in [-0.39, 0.29) is 29.2 Å². The van der Waals surface area contributed by atoms with Gasteiger partial charge in [-0.3, -0.25) is 14.3 Å². The van der Waals surface area contributed by atoms with Crippen LogP contribution in [0, 0.1) is 0 Å².